The van der Waals surface area contributed by atoms with Crippen LogP contribution in [-0.4, -0.2) is 62.1 Å². The van der Waals surface area contributed by atoms with Gasteiger partial charge in [0.1, 0.15) is 11.4 Å². The molecule has 0 saturated heterocycles. The first-order chi connectivity index (χ1) is 18.7. The van der Waals surface area contributed by atoms with Crippen LogP contribution in [0.15, 0.2) is 52.5 Å². The number of amides is 1. The summed E-state index contributed by atoms with van der Waals surface area (Å²) in [6.07, 6.45) is 6.38. The number of hydrogen-bond acceptors (Lipinski definition) is 8. The number of alkyl halides is 2. The van der Waals surface area contributed by atoms with Gasteiger partial charge in [0.05, 0.1) is 24.3 Å². The van der Waals surface area contributed by atoms with Gasteiger partial charge in [-0.2, -0.15) is 0 Å². The predicted molar refractivity (Wildman–Crippen MR) is 150 cm³/mol. The lowest BCUT2D eigenvalue weighted by atomic mass is 9.92. The molecular formula is C28H34F2N6O2S. The quantitative estimate of drug-likeness (QED) is 0.345. The zero-order valence-electron chi connectivity index (χ0n) is 22.7. The van der Waals surface area contributed by atoms with E-state index in [-0.39, 0.29) is 24.2 Å². The first kappa shape index (κ1) is 28.5. The molecule has 0 bridgehead atoms. The van der Waals surface area contributed by atoms with Crippen molar-refractivity contribution in [3.63, 3.8) is 0 Å². The summed E-state index contributed by atoms with van der Waals surface area (Å²) in [6, 6.07) is 1.10. The van der Waals surface area contributed by atoms with Crippen molar-refractivity contribution in [2.24, 2.45) is 5.92 Å². The molecule has 0 radical (unpaired) electrons. The van der Waals surface area contributed by atoms with Crippen LogP contribution in [0.4, 0.5) is 8.78 Å². The van der Waals surface area contributed by atoms with Gasteiger partial charge in [-0.25, -0.2) is 8.78 Å². The monoisotopic (exact) mass is 556 g/mol. The van der Waals surface area contributed by atoms with Crippen LogP contribution in [0.1, 0.15) is 37.4 Å². The Hall–Kier alpha value is -3.49. The molecule has 1 amide bonds. The van der Waals surface area contributed by atoms with E-state index in [4.69, 9.17) is 4.74 Å². The Morgan fingerprint density at radius 1 is 1.36 bits per heavy atom. The second-order valence-electron chi connectivity index (χ2n) is 9.46. The van der Waals surface area contributed by atoms with Crippen LogP contribution in [0.3, 0.4) is 0 Å². The summed E-state index contributed by atoms with van der Waals surface area (Å²) in [5.74, 6) is 6.95. The van der Waals surface area contributed by atoms with Crippen LogP contribution in [-0.2, 0) is 4.79 Å². The molecule has 4 N–H and O–H groups in total. The number of ether oxygens (including phenoxy) is 1. The van der Waals surface area contributed by atoms with Crippen LogP contribution in [0.25, 0.3) is 5.57 Å². The first-order valence-corrected chi connectivity index (χ1v) is 13.6. The van der Waals surface area contributed by atoms with Crippen molar-refractivity contribution in [3.8, 4) is 17.6 Å². The van der Waals surface area contributed by atoms with Gasteiger partial charge in [-0.1, -0.05) is 23.6 Å². The molecule has 208 valence electrons. The average Bonchev–Trinajstić information content (AvgIpc) is 3.69. The van der Waals surface area contributed by atoms with Crippen LogP contribution in [0, 0.1) is 17.8 Å². The fourth-order valence-electron chi connectivity index (χ4n) is 4.30. The number of halogens is 2. The van der Waals surface area contributed by atoms with Gasteiger partial charge in [0, 0.05) is 49.1 Å². The Labute approximate surface area is 232 Å². The molecule has 3 heterocycles. The van der Waals surface area contributed by atoms with E-state index in [1.807, 2.05) is 44.3 Å². The molecule has 1 aromatic heterocycles. The van der Waals surface area contributed by atoms with Crippen molar-refractivity contribution in [3.05, 3.63) is 63.7 Å². The Kier molecular flexibility index (Phi) is 9.20. The number of pyridine rings is 1. The molecular weight excluding hydrogens is 522 g/mol. The molecule has 8 nitrogen and oxygen atoms in total. The number of carbonyl (C=O) groups is 1. The number of thioether (sulfide) groups is 1. The fraction of sp³-hybridized carbons (Fsp3) is 0.429. The molecule has 2 unspecified atom stereocenters. The maximum absolute atomic E-state index is 13.7. The summed E-state index contributed by atoms with van der Waals surface area (Å²) in [4.78, 5) is 20.5. The van der Waals surface area contributed by atoms with Crippen LogP contribution in [0.5, 0.6) is 5.75 Å². The predicted octanol–water partition coefficient (Wildman–Crippen LogP) is 3.31. The van der Waals surface area contributed by atoms with Gasteiger partial charge >= 0.3 is 0 Å². The van der Waals surface area contributed by atoms with E-state index in [2.05, 4.69) is 38.1 Å². The zero-order chi connectivity index (χ0) is 28.1. The van der Waals surface area contributed by atoms with Crippen molar-refractivity contribution in [1.29, 1.82) is 0 Å². The van der Waals surface area contributed by atoms with Crippen LogP contribution in [0.2, 0.25) is 0 Å². The van der Waals surface area contributed by atoms with Gasteiger partial charge < -0.3 is 30.9 Å². The summed E-state index contributed by atoms with van der Waals surface area (Å²) in [6.45, 7) is 2.20. The number of rotatable bonds is 9. The Morgan fingerprint density at radius 2 is 2.13 bits per heavy atom. The van der Waals surface area contributed by atoms with Crippen molar-refractivity contribution < 1.29 is 18.3 Å². The second kappa shape index (κ2) is 12.6. The summed E-state index contributed by atoms with van der Waals surface area (Å²) < 4.78 is 32.8. The summed E-state index contributed by atoms with van der Waals surface area (Å²) >= 11 is 1.46. The summed E-state index contributed by atoms with van der Waals surface area (Å²) in [5.41, 5.74) is 2.29. The molecule has 3 aliphatic rings. The first-order valence-electron chi connectivity index (χ1n) is 12.7. The number of carbonyl (C=O) groups excluding carboxylic acids is 1. The standard InChI is InChI=1S/C28H34F2N6O2S/c1-16-25(9-8-17-6-7-17)39-28(34-16)35-27(37)20-15-36(4)23(21(32-3)10-11-31-2)13-18(20)19-12-22(26(29)30)33-14-24(19)38-5/h10-14,17,21,26,28,31-32,34H,6-7,15H2,1-5H3,(H,35,37)/b11-10-. The van der Waals surface area contributed by atoms with Crippen molar-refractivity contribution >= 4 is 23.2 Å². The highest BCUT2D eigenvalue weighted by Gasteiger charge is 2.31. The van der Waals surface area contributed by atoms with Gasteiger partial charge in [-0.05, 0) is 56.8 Å². The minimum absolute atomic E-state index is 0.198. The number of likely N-dealkylation sites (N-methyl/N-ethyl adjacent to an activating group) is 2. The van der Waals surface area contributed by atoms with E-state index in [1.165, 1.54) is 31.1 Å². The highest BCUT2D eigenvalue weighted by molar-refractivity contribution is 8.04. The summed E-state index contributed by atoms with van der Waals surface area (Å²) in [7, 11) is 6.97. The Bertz CT molecular complexity index is 1290. The SMILES string of the molecule is CN/C=C\C(NC)C1=CC(c2cc(C(F)F)ncc2OC)=C(C(=O)NC2NC(C)=C(C#CC3CC3)S2)CN1C. The lowest BCUT2D eigenvalue weighted by Crippen LogP contribution is -2.44. The molecule has 4 rings (SSSR count). The van der Waals surface area contributed by atoms with Crippen molar-refractivity contribution in [1.82, 2.24) is 31.2 Å². The second-order valence-corrected chi connectivity index (χ2v) is 10.6. The average molecular weight is 557 g/mol. The van der Waals surface area contributed by atoms with E-state index in [1.54, 1.807) is 7.05 Å². The molecule has 1 aliphatic carbocycles. The molecule has 39 heavy (non-hydrogen) atoms. The topological polar surface area (TPSA) is 90.5 Å². The highest BCUT2D eigenvalue weighted by Crippen LogP contribution is 2.37. The number of hydrogen-bond donors (Lipinski definition) is 4. The maximum atomic E-state index is 13.7. The largest absolute Gasteiger partial charge is 0.494 e. The molecule has 2 atom stereocenters. The Morgan fingerprint density at radius 3 is 2.77 bits per heavy atom. The fourth-order valence-corrected chi connectivity index (χ4v) is 5.29. The van der Waals surface area contributed by atoms with Gasteiger partial charge in [0.2, 0.25) is 0 Å². The van der Waals surface area contributed by atoms with E-state index < -0.39 is 11.9 Å². The van der Waals surface area contributed by atoms with E-state index >= 15 is 0 Å². The Balaban J connectivity index is 1.72. The van der Waals surface area contributed by atoms with E-state index in [0.717, 1.165) is 29.1 Å². The van der Waals surface area contributed by atoms with Gasteiger partial charge in [-0.15, -0.1) is 0 Å². The zero-order valence-corrected chi connectivity index (χ0v) is 23.5. The molecule has 1 aromatic rings. The number of aromatic nitrogens is 1. The third-order valence-corrected chi connectivity index (χ3v) is 7.70. The lowest BCUT2D eigenvalue weighted by molar-refractivity contribution is -0.117. The minimum Gasteiger partial charge on any atom is -0.494 e. The smallest absolute Gasteiger partial charge is 0.280 e. The van der Waals surface area contributed by atoms with Gasteiger partial charge in [-0.3, -0.25) is 9.78 Å². The molecule has 1 saturated carbocycles. The van der Waals surface area contributed by atoms with Crippen LogP contribution >= 0.6 is 11.8 Å². The third-order valence-electron chi connectivity index (χ3n) is 6.59. The number of methoxy groups -OCH3 is 1. The van der Waals surface area contributed by atoms with Crippen molar-refractivity contribution in [2.75, 3.05) is 34.8 Å². The van der Waals surface area contributed by atoms with E-state index in [9.17, 15) is 13.6 Å². The molecule has 0 spiro atoms. The molecule has 1 fully saturated rings. The van der Waals surface area contributed by atoms with E-state index in [0.29, 0.717) is 28.4 Å². The van der Waals surface area contributed by atoms with Gasteiger partial charge in [0.25, 0.3) is 12.3 Å². The molecule has 2 aliphatic heterocycles. The number of allylic oxidation sites excluding steroid dienone is 4. The number of nitrogens with one attached hydrogen (secondary N) is 4. The minimum atomic E-state index is -2.77. The van der Waals surface area contributed by atoms with Crippen molar-refractivity contribution in [2.45, 2.75) is 37.7 Å². The lowest BCUT2D eigenvalue weighted by Gasteiger charge is -2.33. The van der Waals surface area contributed by atoms with Gasteiger partial charge in [0.15, 0.2) is 5.50 Å². The normalized spacial score (nSPS) is 20.1. The highest BCUT2D eigenvalue weighted by atomic mass is 32.2. The summed E-state index contributed by atoms with van der Waals surface area (Å²) in [5, 5.41) is 12.6. The molecule has 11 heteroatoms. The van der Waals surface area contributed by atoms with Crippen LogP contribution < -0.4 is 26.0 Å². The molecule has 0 aromatic carbocycles. The number of nitrogens with zero attached hydrogens (tertiary/aromatic N) is 2. The third kappa shape index (κ3) is 6.75. The maximum Gasteiger partial charge on any atom is 0.280 e.